The number of rotatable bonds is 4. The van der Waals surface area contributed by atoms with Crippen molar-refractivity contribution in [3.05, 3.63) is 51.7 Å². The standard InChI is InChI=1S/C17H15NO6S/c1-2-3-9-6-12-15(19)11-8-10(17(20)21)4-5-13(11)24-16(12)14(7-9)25(18,22)23/h4-8H,2-3H2,1H3,(H,20,21)(H2,18,22,23). The van der Waals surface area contributed by atoms with Crippen LogP contribution in [0.25, 0.3) is 21.9 Å². The number of benzene rings is 2. The van der Waals surface area contributed by atoms with Crippen LogP contribution in [0.2, 0.25) is 0 Å². The highest BCUT2D eigenvalue weighted by molar-refractivity contribution is 7.89. The molecule has 0 unspecified atom stereocenters. The maximum absolute atomic E-state index is 12.8. The Bertz CT molecular complexity index is 1180. The molecule has 25 heavy (non-hydrogen) atoms. The first-order chi connectivity index (χ1) is 11.7. The first-order valence-electron chi connectivity index (χ1n) is 7.52. The number of hydrogen-bond acceptors (Lipinski definition) is 5. The fourth-order valence-electron chi connectivity index (χ4n) is 2.76. The molecule has 1 aromatic heterocycles. The number of carbonyl (C=O) groups is 1. The van der Waals surface area contributed by atoms with Crippen LogP contribution in [0.1, 0.15) is 29.3 Å². The first kappa shape index (κ1) is 17.1. The van der Waals surface area contributed by atoms with Crippen LogP contribution in [-0.4, -0.2) is 19.5 Å². The van der Waals surface area contributed by atoms with Crippen LogP contribution >= 0.6 is 0 Å². The molecular weight excluding hydrogens is 346 g/mol. The van der Waals surface area contributed by atoms with Gasteiger partial charge in [-0.25, -0.2) is 18.4 Å². The molecule has 0 radical (unpaired) electrons. The molecular formula is C17H15NO6S. The maximum Gasteiger partial charge on any atom is 0.335 e. The lowest BCUT2D eigenvalue weighted by molar-refractivity contribution is 0.0697. The Labute approximate surface area is 142 Å². The topological polar surface area (TPSA) is 128 Å². The van der Waals surface area contributed by atoms with E-state index in [0.717, 1.165) is 6.42 Å². The Morgan fingerprint density at radius 2 is 1.92 bits per heavy atom. The van der Waals surface area contributed by atoms with Crippen molar-refractivity contribution in [2.75, 3.05) is 0 Å². The van der Waals surface area contributed by atoms with Crippen molar-refractivity contribution in [2.24, 2.45) is 5.14 Å². The van der Waals surface area contributed by atoms with Crippen molar-refractivity contribution in [1.82, 2.24) is 0 Å². The van der Waals surface area contributed by atoms with Crippen LogP contribution < -0.4 is 10.6 Å². The van der Waals surface area contributed by atoms with E-state index in [9.17, 15) is 18.0 Å². The summed E-state index contributed by atoms with van der Waals surface area (Å²) < 4.78 is 29.5. The van der Waals surface area contributed by atoms with Crippen molar-refractivity contribution >= 4 is 37.9 Å². The molecule has 0 saturated carbocycles. The zero-order chi connectivity index (χ0) is 18.4. The Kier molecular flexibility index (Phi) is 4.09. The molecule has 1 heterocycles. The highest BCUT2D eigenvalue weighted by Gasteiger charge is 2.20. The smallest absolute Gasteiger partial charge is 0.335 e. The quantitative estimate of drug-likeness (QED) is 0.686. The minimum Gasteiger partial charge on any atom is -0.478 e. The van der Waals surface area contributed by atoms with E-state index in [-0.39, 0.29) is 32.4 Å². The summed E-state index contributed by atoms with van der Waals surface area (Å²) in [5.74, 6) is -1.17. The summed E-state index contributed by atoms with van der Waals surface area (Å²) in [5.41, 5.74) is 0.0522. The predicted molar refractivity (Wildman–Crippen MR) is 92.3 cm³/mol. The van der Waals surface area contributed by atoms with Gasteiger partial charge in [-0.05, 0) is 42.3 Å². The lowest BCUT2D eigenvalue weighted by atomic mass is 10.0. The SMILES string of the molecule is CCCc1cc(S(N)(=O)=O)c2oc3ccc(C(=O)O)cc3c(=O)c2c1. The number of sulfonamides is 1. The number of hydrogen-bond donors (Lipinski definition) is 2. The highest BCUT2D eigenvalue weighted by atomic mass is 32.2. The van der Waals surface area contributed by atoms with Crippen LogP contribution in [0.4, 0.5) is 0 Å². The molecule has 3 N–H and O–H groups in total. The lowest BCUT2D eigenvalue weighted by Gasteiger charge is -2.09. The third-order valence-corrected chi connectivity index (χ3v) is 4.80. The van der Waals surface area contributed by atoms with E-state index >= 15 is 0 Å². The summed E-state index contributed by atoms with van der Waals surface area (Å²) >= 11 is 0. The predicted octanol–water partition coefficient (Wildman–Crippen LogP) is 2.24. The summed E-state index contributed by atoms with van der Waals surface area (Å²) in [6.07, 6.45) is 1.31. The van der Waals surface area contributed by atoms with Gasteiger partial charge in [-0.15, -0.1) is 0 Å². The highest BCUT2D eigenvalue weighted by Crippen LogP contribution is 2.27. The van der Waals surface area contributed by atoms with Crippen LogP contribution in [0.3, 0.4) is 0 Å². The minimum absolute atomic E-state index is 0.0597. The second-order valence-corrected chi connectivity index (χ2v) is 7.24. The molecule has 0 amide bonds. The fraction of sp³-hybridized carbons (Fsp3) is 0.176. The summed E-state index contributed by atoms with van der Waals surface area (Å²) in [6, 6.07) is 6.79. The lowest BCUT2D eigenvalue weighted by Crippen LogP contribution is -2.15. The van der Waals surface area contributed by atoms with Crippen molar-refractivity contribution < 1.29 is 22.7 Å². The van der Waals surface area contributed by atoms with Gasteiger partial charge in [-0.3, -0.25) is 4.79 Å². The summed E-state index contributed by atoms with van der Waals surface area (Å²) in [4.78, 5) is 23.7. The molecule has 2 aromatic carbocycles. The normalized spacial score (nSPS) is 11.9. The van der Waals surface area contributed by atoms with Gasteiger partial charge < -0.3 is 9.52 Å². The van der Waals surface area contributed by atoms with Gasteiger partial charge >= 0.3 is 5.97 Å². The molecule has 0 aliphatic rings. The van der Waals surface area contributed by atoms with Crippen LogP contribution in [0.15, 0.2) is 44.4 Å². The monoisotopic (exact) mass is 361 g/mol. The first-order valence-corrected chi connectivity index (χ1v) is 9.06. The Hall–Kier alpha value is -2.71. The molecule has 0 atom stereocenters. The number of aryl methyl sites for hydroxylation is 1. The molecule has 3 aromatic rings. The van der Waals surface area contributed by atoms with Gasteiger partial charge in [0, 0.05) is 0 Å². The van der Waals surface area contributed by atoms with Crippen molar-refractivity contribution in [1.29, 1.82) is 0 Å². The Balaban J connectivity index is 2.50. The number of carboxylic acid groups (broad SMARTS) is 1. The second kappa shape index (κ2) is 5.98. The number of carboxylic acids is 1. The molecule has 3 rings (SSSR count). The van der Waals surface area contributed by atoms with Gasteiger partial charge in [0.15, 0.2) is 5.58 Å². The van der Waals surface area contributed by atoms with E-state index < -0.39 is 21.4 Å². The number of nitrogens with two attached hydrogens (primary N) is 1. The van der Waals surface area contributed by atoms with Crippen molar-refractivity contribution in [2.45, 2.75) is 24.7 Å². The van der Waals surface area contributed by atoms with E-state index in [2.05, 4.69) is 0 Å². The van der Waals surface area contributed by atoms with E-state index in [1.165, 1.54) is 24.3 Å². The van der Waals surface area contributed by atoms with Crippen molar-refractivity contribution in [3.63, 3.8) is 0 Å². The number of aromatic carboxylic acids is 1. The maximum atomic E-state index is 12.8. The molecule has 130 valence electrons. The Morgan fingerprint density at radius 3 is 2.52 bits per heavy atom. The molecule has 7 nitrogen and oxygen atoms in total. The van der Waals surface area contributed by atoms with E-state index in [1.54, 1.807) is 6.07 Å². The van der Waals surface area contributed by atoms with Gasteiger partial charge in [-0.1, -0.05) is 13.3 Å². The molecule has 0 spiro atoms. The third-order valence-electron chi connectivity index (χ3n) is 3.89. The second-order valence-electron chi connectivity index (χ2n) is 5.71. The molecule has 0 aliphatic carbocycles. The van der Waals surface area contributed by atoms with E-state index in [4.69, 9.17) is 14.7 Å². The average molecular weight is 361 g/mol. The molecule has 8 heteroatoms. The van der Waals surface area contributed by atoms with Gasteiger partial charge in [0.1, 0.15) is 10.5 Å². The van der Waals surface area contributed by atoms with Gasteiger partial charge in [0.05, 0.1) is 16.3 Å². The number of primary sulfonamides is 1. The zero-order valence-electron chi connectivity index (χ0n) is 13.3. The summed E-state index contributed by atoms with van der Waals surface area (Å²) in [7, 11) is -4.10. The fourth-order valence-corrected chi connectivity index (χ4v) is 3.49. The van der Waals surface area contributed by atoms with Gasteiger partial charge in [0.2, 0.25) is 15.5 Å². The third kappa shape index (κ3) is 3.01. The Morgan fingerprint density at radius 1 is 1.20 bits per heavy atom. The minimum atomic E-state index is -4.10. The van der Waals surface area contributed by atoms with Gasteiger partial charge in [-0.2, -0.15) is 0 Å². The van der Waals surface area contributed by atoms with Crippen LogP contribution in [-0.2, 0) is 16.4 Å². The number of fused-ring (bicyclic) bond motifs is 2. The average Bonchev–Trinajstić information content (AvgIpc) is 2.54. The zero-order valence-corrected chi connectivity index (χ0v) is 14.1. The van der Waals surface area contributed by atoms with E-state index in [1.807, 2.05) is 6.92 Å². The van der Waals surface area contributed by atoms with Crippen LogP contribution in [0.5, 0.6) is 0 Å². The summed E-state index contributed by atoms with van der Waals surface area (Å²) in [5, 5.41) is 14.5. The molecule has 0 bridgehead atoms. The molecule has 0 fully saturated rings. The summed E-state index contributed by atoms with van der Waals surface area (Å²) in [6.45, 7) is 1.92. The largest absolute Gasteiger partial charge is 0.478 e. The molecule has 0 aliphatic heterocycles. The van der Waals surface area contributed by atoms with E-state index in [0.29, 0.717) is 12.0 Å². The van der Waals surface area contributed by atoms with Gasteiger partial charge in [0.25, 0.3) is 0 Å². The molecule has 0 saturated heterocycles. The van der Waals surface area contributed by atoms with Crippen LogP contribution in [0, 0.1) is 0 Å². The van der Waals surface area contributed by atoms with Crippen molar-refractivity contribution in [3.8, 4) is 0 Å².